The number of hydrogen-bond acceptors (Lipinski definition) is 3. The molecule has 5 rings (SSSR count). The highest BCUT2D eigenvalue weighted by Crippen LogP contribution is 2.40. The normalized spacial score (nSPS) is 22.1. The number of alkyl halides is 2. The third-order valence-electron chi connectivity index (χ3n) is 8.87. The summed E-state index contributed by atoms with van der Waals surface area (Å²) in [5, 5.41) is 0. The topological polar surface area (TPSA) is 27.7 Å². The predicted molar refractivity (Wildman–Crippen MR) is 161 cm³/mol. The van der Waals surface area contributed by atoms with Gasteiger partial charge in [-0.15, -0.1) is 0 Å². The summed E-state index contributed by atoms with van der Waals surface area (Å²) in [4.78, 5) is 0. The first-order valence-electron chi connectivity index (χ1n) is 15.9. The number of halogens is 8. The van der Waals surface area contributed by atoms with Crippen molar-refractivity contribution in [3.8, 4) is 16.9 Å². The van der Waals surface area contributed by atoms with Gasteiger partial charge in [-0.1, -0.05) is 38.3 Å². The van der Waals surface area contributed by atoms with Crippen molar-refractivity contribution in [1.82, 2.24) is 0 Å². The Balaban J connectivity index is 1.19. The number of ether oxygens (including phenoxy) is 3. The van der Waals surface area contributed by atoms with Crippen molar-refractivity contribution in [2.24, 2.45) is 11.8 Å². The van der Waals surface area contributed by atoms with Crippen LogP contribution in [-0.2, 0) is 9.47 Å². The van der Waals surface area contributed by atoms with Gasteiger partial charge in [-0.25, -0.2) is 26.3 Å². The van der Waals surface area contributed by atoms with Crippen LogP contribution in [0, 0.1) is 46.7 Å². The summed E-state index contributed by atoms with van der Waals surface area (Å²) in [6.45, 7) is 3.60. The van der Waals surface area contributed by atoms with E-state index in [4.69, 9.17) is 9.47 Å². The van der Waals surface area contributed by atoms with E-state index in [-0.39, 0.29) is 47.5 Å². The van der Waals surface area contributed by atoms with E-state index in [1.807, 2.05) is 0 Å². The second kappa shape index (κ2) is 15.2. The molecule has 254 valence electrons. The highest BCUT2D eigenvalue weighted by molar-refractivity contribution is 5.67. The van der Waals surface area contributed by atoms with Crippen LogP contribution < -0.4 is 4.74 Å². The lowest BCUT2D eigenvalue weighted by Crippen LogP contribution is -2.38. The monoisotopic (exact) mass is 668 g/mol. The quantitative estimate of drug-likeness (QED) is 0.116. The van der Waals surface area contributed by atoms with Crippen LogP contribution in [0.15, 0.2) is 48.5 Å². The Morgan fingerprint density at radius 3 is 2.02 bits per heavy atom. The molecule has 1 heterocycles. The summed E-state index contributed by atoms with van der Waals surface area (Å²) in [5.41, 5.74) is -0.304. The molecule has 1 saturated carbocycles. The zero-order valence-electron chi connectivity index (χ0n) is 25.8. The van der Waals surface area contributed by atoms with Gasteiger partial charge in [0, 0.05) is 41.2 Å². The van der Waals surface area contributed by atoms with Gasteiger partial charge in [0.05, 0.1) is 13.2 Å². The number of rotatable bonds is 11. The maximum absolute atomic E-state index is 15.3. The van der Waals surface area contributed by atoms with Gasteiger partial charge in [-0.05, 0) is 73.4 Å². The van der Waals surface area contributed by atoms with E-state index in [0.29, 0.717) is 25.2 Å². The largest absolute Gasteiger partial charge is 0.429 e. The maximum atomic E-state index is 15.3. The van der Waals surface area contributed by atoms with Crippen molar-refractivity contribution in [2.75, 3.05) is 13.2 Å². The van der Waals surface area contributed by atoms with Crippen molar-refractivity contribution in [3.63, 3.8) is 0 Å². The molecule has 0 radical (unpaired) electrons. The van der Waals surface area contributed by atoms with Crippen LogP contribution in [0.25, 0.3) is 17.2 Å². The van der Waals surface area contributed by atoms with Crippen molar-refractivity contribution in [2.45, 2.75) is 76.6 Å². The smallest absolute Gasteiger partial charge is 0.419 e. The third kappa shape index (κ3) is 8.73. The van der Waals surface area contributed by atoms with E-state index in [2.05, 4.69) is 11.7 Å². The van der Waals surface area contributed by atoms with Gasteiger partial charge in [-0.2, -0.15) is 8.78 Å². The molecule has 47 heavy (non-hydrogen) atoms. The van der Waals surface area contributed by atoms with Crippen molar-refractivity contribution >= 4 is 6.08 Å². The predicted octanol–water partition coefficient (Wildman–Crippen LogP) is 10.7. The fourth-order valence-electron chi connectivity index (χ4n) is 6.29. The van der Waals surface area contributed by atoms with E-state index in [0.717, 1.165) is 49.8 Å². The van der Waals surface area contributed by atoms with Crippen molar-refractivity contribution in [3.05, 3.63) is 94.6 Å². The highest BCUT2D eigenvalue weighted by Gasteiger charge is 2.33. The molecule has 1 aliphatic heterocycles. The summed E-state index contributed by atoms with van der Waals surface area (Å²) < 4.78 is 129. The average Bonchev–Trinajstić information content (AvgIpc) is 3.03. The standard InChI is InChI=1S/C36H36F8O3/c1-2-3-4-5-21-19-45-35(46-20-21)23-8-6-22(7-9-23)24-10-11-27(29(37)14-24)25-15-30(38)28(31(39)16-25)12-13-36(43,44)47-26-17-32(40)34(42)33(41)18-26/h10-18,21-23,35H,2-9,19-20H2,1H3. The highest BCUT2D eigenvalue weighted by atomic mass is 19.3. The van der Waals surface area contributed by atoms with Gasteiger partial charge in [0.2, 0.25) is 0 Å². The number of benzene rings is 3. The van der Waals surface area contributed by atoms with Gasteiger partial charge < -0.3 is 14.2 Å². The molecule has 1 saturated heterocycles. The van der Waals surface area contributed by atoms with Crippen molar-refractivity contribution in [1.29, 1.82) is 0 Å². The van der Waals surface area contributed by atoms with Crippen LogP contribution in [0.3, 0.4) is 0 Å². The molecule has 0 bridgehead atoms. The summed E-state index contributed by atoms with van der Waals surface area (Å²) in [7, 11) is 0. The van der Waals surface area contributed by atoms with E-state index in [9.17, 15) is 30.7 Å². The molecule has 0 atom stereocenters. The first kappa shape index (κ1) is 34.9. The van der Waals surface area contributed by atoms with Gasteiger partial charge in [0.1, 0.15) is 23.2 Å². The Bertz CT molecular complexity index is 1510. The molecule has 2 fully saturated rings. The fraction of sp³-hybridized carbons (Fsp3) is 0.444. The van der Waals surface area contributed by atoms with Crippen LogP contribution in [0.5, 0.6) is 5.75 Å². The maximum Gasteiger partial charge on any atom is 0.419 e. The molecule has 0 spiro atoms. The minimum absolute atomic E-state index is 0.0324. The molecule has 11 heteroatoms. The second-order valence-electron chi connectivity index (χ2n) is 12.3. The third-order valence-corrected chi connectivity index (χ3v) is 8.87. The lowest BCUT2D eigenvalue weighted by molar-refractivity contribution is -0.229. The first-order chi connectivity index (χ1) is 22.4. The second-order valence-corrected chi connectivity index (χ2v) is 12.3. The Hall–Kier alpha value is -3.44. The SMILES string of the molecule is CCCCCC1COC(C2CCC(c3ccc(-c4cc(F)c(C=CC(F)(F)Oc5cc(F)c(F)c(F)c5)c(F)c4)c(F)c3)CC2)OC1. The van der Waals surface area contributed by atoms with Gasteiger partial charge in [-0.3, -0.25) is 0 Å². The van der Waals surface area contributed by atoms with E-state index >= 15 is 4.39 Å². The van der Waals surface area contributed by atoms with Gasteiger partial charge in [0.15, 0.2) is 23.7 Å². The molecular formula is C36H36F8O3. The van der Waals surface area contributed by atoms with Crippen LogP contribution in [0.4, 0.5) is 35.1 Å². The zero-order chi connectivity index (χ0) is 33.7. The molecule has 0 unspecified atom stereocenters. The Morgan fingerprint density at radius 2 is 1.43 bits per heavy atom. The molecule has 3 aromatic rings. The zero-order valence-corrected chi connectivity index (χ0v) is 25.8. The van der Waals surface area contributed by atoms with Gasteiger partial charge >= 0.3 is 6.11 Å². The van der Waals surface area contributed by atoms with E-state index < -0.39 is 52.3 Å². The molecule has 0 amide bonds. The van der Waals surface area contributed by atoms with Crippen LogP contribution in [0.1, 0.15) is 75.3 Å². The van der Waals surface area contributed by atoms with Crippen LogP contribution in [-0.4, -0.2) is 25.6 Å². The van der Waals surface area contributed by atoms with Crippen molar-refractivity contribution < 1.29 is 49.3 Å². The van der Waals surface area contributed by atoms with Gasteiger partial charge in [0.25, 0.3) is 0 Å². The molecule has 1 aliphatic carbocycles. The minimum Gasteiger partial charge on any atom is -0.429 e. The van der Waals surface area contributed by atoms with Crippen LogP contribution in [0.2, 0.25) is 0 Å². The number of unbranched alkanes of at least 4 members (excludes halogenated alkanes) is 2. The Labute approximate surface area is 268 Å². The van der Waals surface area contributed by atoms with E-state index in [1.54, 1.807) is 6.07 Å². The molecule has 3 aromatic carbocycles. The Morgan fingerprint density at radius 1 is 0.787 bits per heavy atom. The first-order valence-corrected chi connectivity index (χ1v) is 15.9. The fourth-order valence-corrected chi connectivity index (χ4v) is 6.29. The average molecular weight is 669 g/mol. The summed E-state index contributed by atoms with van der Waals surface area (Å²) >= 11 is 0. The molecule has 0 N–H and O–H groups in total. The summed E-state index contributed by atoms with van der Waals surface area (Å²) in [6, 6.07) is 6.55. The summed E-state index contributed by atoms with van der Waals surface area (Å²) in [5.74, 6) is -8.82. The number of hydrogen-bond donors (Lipinski definition) is 0. The summed E-state index contributed by atoms with van der Waals surface area (Å²) in [6.07, 6.45) is 3.90. The Kier molecular flexibility index (Phi) is 11.3. The lowest BCUT2D eigenvalue weighted by atomic mass is 9.78. The molecule has 0 aromatic heterocycles. The lowest BCUT2D eigenvalue weighted by Gasteiger charge is -2.37. The molecular weight excluding hydrogens is 632 g/mol. The van der Waals surface area contributed by atoms with Crippen LogP contribution >= 0.6 is 0 Å². The molecule has 2 aliphatic rings. The molecule has 3 nitrogen and oxygen atoms in total. The van der Waals surface area contributed by atoms with E-state index in [1.165, 1.54) is 31.4 Å². The minimum atomic E-state index is -4.28.